The summed E-state index contributed by atoms with van der Waals surface area (Å²) in [6.07, 6.45) is -4.43. The lowest BCUT2D eigenvalue weighted by Crippen LogP contribution is -2.14. The maximum Gasteiger partial charge on any atom is 0.416 e. The summed E-state index contributed by atoms with van der Waals surface area (Å²) in [6.45, 7) is 0. The number of carbonyl (C=O) groups excluding carboxylic acids is 1. The molecule has 0 aliphatic rings. The molecule has 1 N–H and O–H groups in total. The van der Waals surface area contributed by atoms with Crippen LogP contribution in [0, 0.1) is 0 Å². The van der Waals surface area contributed by atoms with E-state index in [9.17, 15) is 18.0 Å². The van der Waals surface area contributed by atoms with Crippen LogP contribution in [-0.2, 0) is 17.4 Å². The van der Waals surface area contributed by atoms with E-state index in [0.717, 1.165) is 17.7 Å². The molecule has 3 aromatic rings. The van der Waals surface area contributed by atoms with E-state index < -0.39 is 11.7 Å². The van der Waals surface area contributed by atoms with E-state index in [1.54, 1.807) is 12.5 Å². The maximum atomic E-state index is 12.6. The molecule has 1 amide bonds. The highest BCUT2D eigenvalue weighted by molar-refractivity contribution is 7.14. The van der Waals surface area contributed by atoms with E-state index >= 15 is 0 Å². The number of rotatable bonds is 5. The Bertz CT molecular complexity index is 937. The third-order valence-corrected chi connectivity index (χ3v) is 4.54. The van der Waals surface area contributed by atoms with E-state index in [0.29, 0.717) is 22.1 Å². The first-order valence-electron chi connectivity index (χ1n) is 7.91. The predicted octanol–water partition coefficient (Wildman–Crippen LogP) is 5.02. The minimum atomic E-state index is -4.39. The number of anilines is 1. The summed E-state index contributed by atoms with van der Waals surface area (Å²) in [5.74, 6) is 0.320. The van der Waals surface area contributed by atoms with E-state index in [4.69, 9.17) is 4.74 Å². The van der Waals surface area contributed by atoms with Crippen LogP contribution in [0.5, 0.6) is 5.75 Å². The van der Waals surface area contributed by atoms with Crippen molar-refractivity contribution in [3.05, 3.63) is 65.0 Å². The molecule has 0 saturated heterocycles. The number of methoxy groups -OCH3 is 1. The highest BCUT2D eigenvalue weighted by Gasteiger charge is 2.29. The fraction of sp³-hybridized carbons (Fsp3) is 0.158. The maximum absolute atomic E-state index is 12.6. The van der Waals surface area contributed by atoms with Gasteiger partial charge in [-0.15, -0.1) is 11.3 Å². The van der Waals surface area contributed by atoms with Crippen LogP contribution in [0.1, 0.15) is 11.1 Å². The van der Waals surface area contributed by atoms with Gasteiger partial charge in [0.1, 0.15) is 5.75 Å². The van der Waals surface area contributed by atoms with Crippen molar-refractivity contribution < 1.29 is 22.7 Å². The molecule has 8 heteroatoms. The molecule has 0 fully saturated rings. The van der Waals surface area contributed by atoms with Crippen molar-refractivity contribution in [2.75, 3.05) is 12.4 Å². The molecule has 27 heavy (non-hydrogen) atoms. The molecule has 0 aliphatic heterocycles. The molecule has 3 rings (SSSR count). The van der Waals surface area contributed by atoms with Crippen molar-refractivity contribution in [3.8, 4) is 17.0 Å². The zero-order valence-corrected chi connectivity index (χ0v) is 15.0. The monoisotopic (exact) mass is 392 g/mol. The minimum Gasteiger partial charge on any atom is -0.496 e. The van der Waals surface area contributed by atoms with Crippen molar-refractivity contribution in [1.29, 1.82) is 0 Å². The smallest absolute Gasteiger partial charge is 0.416 e. The molecule has 0 spiro atoms. The number of halogens is 3. The molecule has 0 saturated carbocycles. The molecular weight excluding hydrogens is 377 g/mol. The van der Waals surface area contributed by atoms with Crippen LogP contribution in [0.25, 0.3) is 11.3 Å². The number of nitrogens with zero attached hydrogens (tertiary/aromatic N) is 1. The van der Waals surface area contributed by atoms with Crippen LogP contribution in [-0.4, -0.2) is 18.0 Å². The van der Waals surface area contributed by atoms with Crippen molar-refractivity contribution >= 4 is 22.4 Å². The lowest BCUT2D eigenvalue weighted by Gasteiger charge is -2.07. The van der Waals surface area contributed by atoms with E-state index in [1.165, 1.54) is 23.5 Å². The number of nitrogens with one attached hydrogen (secondary N) is 1. The fourth-order valence-corrected chi connectivity index (χ4v) is 3.20. The van der Waals surface area contributed by atoms with Crippen LogP contribution in [0.3, 0.4) is 0 Å². The van der Waals surface area contributed by atoms with Gasteiger partial charge in [0.15, 0.2) is 5.13 Å². The second kappa shape index (κ2) is 7.79. The van der Waals surface area contributed by atoms with Gasteiger partial charge in [0, 0.05) is 10.9 Å². The van der Waals surface area contributed by atoms with Gasteiger partial charge in [0.2, 0.25) is 5.91 Å². The predicted molar refractivity (Wildman–Crippen MR) is 97.9 cm³/mol. The molecule has 2 aromatic carbocycles. The standard InChI is InChI=1S/C19H15F3N2O2S/c1-26-16-5-3-2-4-14(16)15-11-27-18(23-15)24-17(25)10-12-6-8-13(9-7-12)19(20,21)22/h2-9,11H,10H2,1H3,(H,23,24,25). The summed E-state index contributed by atoms with van der Waals surface area (Å²) in [6, 6.07) is 11.9. The first-order chi connectivity index (χ1) is 12.9. The van der Waals surface area contributed by atoms with Crippen molar-refractivity contribution in [3.63, 3.8) is 0 Å². The average molecular weight is 392 g/mol. The van der Waals surface area contributed by atoms with Crippen molar-refractivity contribution in [2.24, 2.45) is 0 Å². The van der Waals surface area contributed by atoms with Gasteiger partial charge in [-0.25, -0.2) is 4.98 Å². The van der Waals surface area contributed by atoms with Crippen LogP contribution >= 0.6 is 11.3 Å². The van der Waals surface area contributed by atoms with Crippen molar-refractivity contribution in [2.45, 2.75) is 12.6 Å². The van der Waals surface area contributed by atoms with Gasteiger partial charge in [-0.05, 0) is 29.8 Å². The first kappa shape index (κ1) is 18.9. The number of hydrogen-bond donors (Lipinski definition) is 1. The molecule has 0 unspecified atom stereocenters. The highest BCUT2D eigenvalue weighted by atomic mass is 32.1. The molecule has 4 nitrogen and oxygen atoms in total. The van der Waals surface area contributed by atoms with Crippen molar-refractivity contribution in [1.82, 2.24) is 4.98 Å². The Morgan fingerprint density at radius 2 is 1.85 bits per heavy atom. The molecule has 0 radical (unpaired) electrons. The van der Waals surface area contributed by atoms with Crippen LogP contribution in [0.2, 0.25) is 0 Å². The molecular formula is C19H15F3N2O2S. The summed E-state index contributed by atoms with van der Waals surface area (Å²) in [5.41, 5.74) is 1.22. The minimum absolute atomic E-state index is 0.0400. The zero-order valence-electron chi connectivity index (χ0n) is 14.2. The zero-order chi connectivity index (χ0) is 19.4. The van der Waals surface area contributed by atoms with E-state index in [2.05, 4.69) is 10.3 Å². The summed E-state index contributed by atoms with van der Waals surface area (Å²) >= 11 is 1.26. The Morgan fingerprint density at radius 1 is 1.15 bits per heavy atom. The summed E-state index contributed by atoms with van der Waals surface area (Å²) in [5, 5.41) is 4.88. The number of thiazole rings is 1. The third kappa shape index (κ3) is 4.65. The molecule has 0 bridgehead atoms. The van der Waals surface area contributed by atoms with Crippen LogP contribution in [0.15, 0.2) is 53.9 Å². The van der Waals surface area contributed by atoms with Gasteiger partial charge in [0.05, 0.1) is 24.8 Å². The van der Waals surface area contributed by atoms with Gasteiger partial charge in [-0.1, -0.05) is 24.3 Å². The number of hydrogen-bond acceptors (Lipinski definition) is 4. The molecule has 1 aromatic heterocycles. The second-order valence-electron chi connectivity index (χ2n) is 5.66. The molecule has 1 heterocycles. The summed E-state index contributed by atoms with van der Waals surface area (Å²) < 4.78 is 43.0. The second-order valence-corrected chi connectivity index (χ2v) is 6.52. The number of alkyl halides is 3. The summed E-state index contributed by atoms with van der Waals surface area (Å²) in [4.78, 5) is 16.5. The topological polar surface area (TPSA) is 51.2 Å². The SMILES string of the molecule is COc1ccccc1-c1csc(NC(=O)Cc2ccc(C(F)(F)F)cc2)n1. The third-order valence-electron chi connectivity index (χ3n) is 3.78. The highest BCUT2D eigenvalue weighted by Crippen LogP contribution is 2.32. The first-order valence-corrected chi connectivity index (χ1v) is 8.79. The largest absolute Gasteiger partial charge is 0.496 e. The van der Waals surface area contributed by atoms with Gasteiger partial charge >= 0.3 is 6.18 Å². The lowest BCUT2D eigenvalue weighted by molar-refractivity contribution is -0.137. The summed E-state index contributed by atoms with van der Waals surface area (Å²) in [7, 11) is 1.57. The number of carbonyl (C=O) groups is 1. The number of aromatic nitrogens is 1. The van der Waals surface area contributed by atoms with Crippen LogP contribution in [0.4, 0.5) is 18.3 Å². The van der Waals surface area contributed by atoms with Gasteiger partial charge in [0.25, 0.3) is 0 Å². The molecule has 0 atom stereocenters. The van der Waals surface area contributed by atoms with Gasteiger partial charge in [-0.3, -0.25) is 4.79 Å². The normalized spacial score (nSPS) is 11.3. The van der Waals surface area contributed by atoms with E-state index in [1.807, 2.05) is 24.3 Å². The number of para-hydroxylation sites is 1. The lowest BCUT2D eigenvalue weighted by atomic mass is 10.1. The number of amides is 1. The Hall–Kier alpha value is -2.87. The fourth-order valence-electron chi connectivity index (χ4n) is 2.47. The Labute approximate surface area is 157 Å². The Morgan fingerprint density at radius 3 is 2.52 bits per heavy atom. The van der Waals surface area contributed by atoms with Crippen LogP contribution < -0.4 is 10.1 Å². The van der Waals surface area contributed by atoms with E-state index in [-0.39, 0.29) is 12.3 Å². The Balaban J connectivity index is 1.66. The average Bonchev–Trinajstić information content (AvgIpc) is 3.09. The molecule has 140 valence electrons. The Kier molecular flexibility index (Phi) is 5.46. The molecule has 0 aliphatic carbocycles. The quantitative estimate of drug-likeness (QED) is 0.663. The van der Waals surface area contributed by atoms with Gasteiger partial charge in [-0.2, -0.15) is 13.2 Å². The van der Waals surface area contributed by atoms with Gasteiger partial charge < -0.3 is 10.1 Å². The number of ether oxygens (including phenoxy) is 1. The number of benzene rings is 2.